The van der Waals surface area contributed by atoms with Crippen molar-refractivity contribution < 1.29 is 14.1 Å². The number of esters is 1. The lowest BCUT2D eigenvalue weighted by Gasteiger charge is -2.25. The van der Waals surface area contributed by atoms with Crippen molar-refractivity contribution in [3.05, 3.63) is 53.9 Å². The van der Waals surface area contributed by atoms with Crippen molar-refractivity contribution in [2.45, 2.75) is 26.2 Å². The first-order valence-electron chi connectivity index (χ1n) is 9.58. The van der Waals surface area contributed by atoms with Gasteiger partial charge in [-0.15, -0.1) is 0 Å². The van der Waals surface area contributed by atoms with E-state index in [9.17, 15) is 4.79 Å². The molecular formula is C22H26N3O2+. The van der Waals surface area contributed by atoms with Gasteiger partial charge in [-0.2, -0.15) is 0 Å². The fourth-order valence-electron chi connectivity index (χ4n) is 4.24. The molecule has 5 nitrogen and oxygen atoms in total. The fourth-order valence-corrected chi connectivity index (χ4v) is 4.24. The number of carbonyl (C=O) groups excluding carboxylic acids is 1. The van der Waals surface area contributed by atoms with Crippen LogP contribution in [-0.2, 0) is 25.3 Å². The van der Waals surface area contributed by atoms with Crippen LogP contribution in [0.25, 0.3) is 11.0 Å². The molecule has 0 bridgehead atoms. The number of rotatable bonds is 4. The highest BCUT2D eigenvalue weighted by atomic mass is 16.5. The van der Waals surface area contributed by atoms with Crippen LogP contribution in [0.3, 0.4) is 0 Å². The second kappa shape index (κ2) is 6.72. The SMILES string of the molecule is CCN(CC)c1ccc2c(c1)OC(=O)C(c1n(C)c3ccccc3[n+]1C)C2. The zero-order chi connectivity index (χ0) is 19.1. The van der Waals surface area contributed by atoms with E-state index >= 15 is 0 Å². The van der Waals surface area contributed by atoms with Gasteiger partial charge in [-0.1, -0.05) is 18.2 Å². The third kappa shape index (κ3) is 2.78. The van der Waals surface area contributed by atoms with Crippen molar-refractivity contribution in [3.8, 4) is 5.75 Å². The van der Waals surface area contributed by atoms with Gasteiger partial charge in [0.25, 0.3) is 5.82 Å². The first-order valence-corrected chi connectivity index (χ1v) is 9.58. The largest absolute Gasteiger partial charge is 0.425 e. The molecule has 2 heterocycles. The molecule has 140 valence electrons. The number of imidazole rings is 1. The van der Waals surface area contributed by atoms with Crippen LogP contribution in [0.1, 0.15) is 31.2 Å². The molecule has 5 heteroatoms. The van der Waals surface area contributed by atoms with Gasteiger partial charge in [-0.25, -0.2) is 9.13 Å². The molecule has 0 saturated carbocycles. The Bertz CT molecular complexity index is 979. The number of anilines is 1. The number of hydrogen-bond acceptors (Lipinski definition) is 3. The van der Waals surface area contributed by atoms with E-state index in [1.807, 2.05) is 32.3 Å². The average molecular weight is 364 g/mol. The molecule has 1 aliphatic rings. The lowest BCUT2D eigenvalue weighted by atomic mass is 9.94. The van der Waals surface area contributed by atoms with Crippen molar-refractivity contribution in [1.29, 1.82) is 0 Å². The van der Waals surface area contributed by atoms with Crippen LogP contribution in [0.4, 0.5) is 5.69 Å². The highest BCUT2D eigenvalue weighted by Gasteiger charge is 2.39. The van der Waals surface area contributed by atoms with Crippen molar-refractivity contribution in [1.82, 2.24) is 4.57 Å². The number of ether oxygens (including phenoxy) is 1. The summed E-state index contributed by atoms with van der Waals surface area (Å²) < 4.78 is 10.0. The minimum Gasteiger partial charge on any atom is -0.425 e. The van der Waals surface area contributed by atoms with Gasteiger partial charge in [0.15, 0.2) is 17.0 Å². The molecule has 0 saturated heterocycles. The summed E-state index contributed by atoms with van der Waals surface area (Å²) in [4.78, 5) is 15.2. The van der Waals surface area contributed by atoms with Gasteiger partial charge in [0, 0.05) is 31.3 Å². The molecule has 0 amide bonds. The smallest absolute Gasteiger partial charge is 0.327 e. The molecule has 0 radical (unpaired) electrons. The summed E-state index contributed by atoms with van der Waals surface area (Å²) in [6.45, 7) is 6.12. The van der Waals surface area contributed by atoms with Crippen LogP contribution in [0.2, 0.25) is 0 Å². The van der Waals surface area contributed by atoms with Crippen LogP contribution in [-0.4, -0.2) is 23.6 Å². The summed E-state index contributed by atoms with van der Waals surface area (Å²) >= 11 is 0. The van der Waals surface area contributed by atoms with Gasteiger partial charge in [0.2, 0.25) is 0 Å². The van der Waals surface area contributed by atoms with Gasteiger partial charge in [-0.05, 0) is 37.6 Å². The summed E-state index contributed by atoms with van der Waals surface area (Å²) in [6.07, 6.45) is 0.657. The molecule has 1 aliphatic heterocycles. The van der Waals surface area contributed by atoms with E-state index < -0.39 is 0 Å². The van der Waals surface area contributed by atoms with E-state index in [1.165, 1.54) is 0 Å². The number of nitrogens with zero attached hydrogens (tertiary/aromatic N) is 3. The number of benzene rings is 2. The molecule has 2 aromatic carbocycles. The Morgan fingerprint density at radius 1 is 1.19 bits per heavy atom. The third-order valence-electron chi connectivity index (χ3n) is 5.70. The van der Waals surface area contributed by atoms with E-state index in [0.29, 0.717) is 12.2 Å². The summed E-state index contributed by atoms with van der Waals surface area (Å²) in [6, 6.07) is 14.4. The molecular weight excluding hydrogens is 338 g/mol. The maximum atomic E-state index is 12.9. The third-order valence-corrected chi connectivity index (χ3v) is 5.70. The van der Waals surface area contributed by atoms with E-state index in [4.69, 9.17) is 4.74 Å². The van der Waals surface area contributed by atoms with Gasteiger partial charge in [0.05, 0.1) is 14.1 Å². The van der Waals surface area contributed by atoms with Gasteiger partial charge in [-0.3, -0.25) is 4.79 Å². The molecule has 3 aromatic rings. The Balaban J connectivity index is 1.74. The van der Waals surface area contributed by atoms with E-state index in [-0.39, 0.29) is 11.9 Å². The number of aryl methyl sites for hydroxylation is 2. The first kappa shape index (κ1) is 17.6. The van der Waals surface area contributed by atoms with E-state index in [1.54, 1.807) is 0 Å². The minimum atomic E-state index is -0.306. The average Bonchev–Trinajstić information content (AvgIpc) is 2.93. The number of aromatic nitrogens is 2. The molecule has 1 aromatic heterocycles. The monoisotopic (exact) mass is 364 g/mol. The maximum Gasteiger partial charge on any atom is 0.327 e. The van der Waals surface area contributed by atoms with Gasteiger partial charge >= 0.3 is 5.97 Å². The Kier molecular flexibility index (Phi) is 4.38. The van der Waals surface area contributed by atoms with Crippen molar-refractivity contribution >= 4 is 22.7 Å². The Labute approximate surface area is 159 Å². The summed E-state index contributed by atoms with van der Waals surface area (Å²) in [5.74, 6) is 1.18. The van der Waals surface area contributed by atoms with Crippen LogP contribution in [0, 0.1) is 0 Å². The predicted octanol–water partition coefficient (Wildman–Crippen LogP) is 3.09. The number of hydrogen-bond donors (Lipinski definition) is 0. The van der Waals surface area contributed by atoms with Crippen LogP contribution in [0.5, 0.6) is 5.75 Å². The molecule has 0 N–H and O–H groups in total. The highest BCUT2D eigenvalue weighted by Crippen LogP contribution is 2.35. The highest BCUT2D eigenvalue weighted by molar-refractivity contribution is 5.83. The molecule has 0 spiro atoms. The Morgan fingerprint density at radius 2 is 1.93 bits per heavy atom. The molecule has 0 fully saturated rings. The van der Waals surface area contributed by atoms with Crippen LogP contribution >= 0.6 is 0 Å². The topological polar surface area (TPSA) is 38.4 Å². The Morgan fingerprint density at radius 3 is 2.63 bits per heavy atom. The Hall–Kier alpha value is -2.82. The first-order chi connectivity index (χ1) is 13.0. The minimum absolute atomic E-state index is 0.180. The molecule has 0 aliphatic carbocycles. The number of para-hydroxylation sites is 2. The summed E-state index contributed by atoms with van der Waals surface area (Å²) in [7, 11) is 4.04. The van der Waals surface area contributed by atoms with Gasteiger partial charge < -0.3 is 9.64 Å². The molecule has 4 rings (SSSR count). The van der Waals surface area contributed by atoms with E-state index in [0.717, 1.165) is 41.2 Å². The molecule has 1 unspecified atom stereocenters. The quantitative estimate of drug-likeness (QED) is 0.406. The van der Waals surface area contributed by atoms with Crippen LogP contribution in [0.15, 0.2) is 42.5 Å². The lowest BCUT2D eigenvalue weighted by molar-refractivity contribution is -0.654. The molecule has 27 heavy (non-hydrogen) atoms. The summed E-state index contributed by atoms with van der Waals surface area (Å²) in [5.41, 5.74) is 4.41. The van der Waals surface area contributed by atoms with Gasteiger partial charge in [0.1, 0.15) is 5.75 Å². The maximum absolute atomic E-state index is 12.9. The molecule has 1 atom stereocenters. The van der Waals surface area contributed by atoms with Crippen molar-refractivity contribution in [2.24, 2.45) is 14.1 Å². The second-order valence-electron chi connectivity index (χ2n) is 7.11. The lowest BCUT2D eigenvalue weighted by Crippen LogP contribution is -2.40. The zero-order valence-electron chi connectivity index (χ0n) is 16.4. The number of carbonyl (C=O) groups is 1. The normalized spacial score (nSPS) is 16.3. The van der Waals surface area contributed by atoms with Crippen LogP contribution < -0.4 is 14.2 Å². The zero-order valence-corrected chi connectivity index (χ0v) is 16.4. The van der Waals surface area contributed by atoms with Crippen molar-refractivity contribution in [2.75, 3.05) is 18.0 Å². The fraction of sp³-hybridized carbons (Fsp3) is 0.364. The predicted molar refractivity (Wildman–Crippen MR) is 106 cm³/mol. The van der Waals surface area contributed by atoms with E-state index in [2.05, 4.69) is 52.1 Å². The number of fused-ring (bicyclic) bond motifs is 2. The summed E-state index contributed by atoms with van der Waals surface area (Å²) in [5, 5.41) is 0. The standard InChI is InChI=1S/C22H26N3O2/c1-5-25(6-2)16-12-11-15-13-17(22(26)27-20(15)14-16)21-23(3)18-9-7-8-10-19(18)24(21)4/h7-12,14,17H,5-6,13H2,1-4H3/q+1. The second-order valence-corrected chi connectivity index (χ2v) is 7.11. The van der Waals surface area contributed by atoms with Crippen molar-refractivity contribution in [3.63, 3.8) is 0 Å².